The quantitative estimate of drug-likeness (QED) is 0.889. The normalized spacial score (nSPS) is 14.3. The second-order valence-corrected chi connectivity index (χ2v) is 6.26. The van der Waals surface area contributed by atoms with Crippen LogP contribution in [-0.4, -0.2) is 13.0 Å². The van der Waals surface area contributed by atoms with Gasteiger partial charge in [-0.25, -0.2) is 0 Å². The number of nitrogens with one attached hydrogen (secondary N) is 2. The van der Waals surface area contributed by atoms with Gasteiger partial charge in [-0.3, -0.25) is 4.79 Å². The van der Waals surface area contributed by atoms with Crippen molar-refractivity contribution >= 4 is 5.91 Å². The molecule has 3 nitrogen and oxygen atoms in total. The highest BCUT2D eigenvalue weighted by Gasteiger charge is 2.13. The Morgan fingerprint density at radius 1 is 1.13 bits per heavy atom. The van der Waals surface area contributed by atoms with E-state index in [4.69, 9.17) is 0 Å². The summed E-state index contributed by atoms with van der Waals surface area (Å²) >= 11 is 0. The molecule has 1 atom stereocenters. The zero-order chi connectivity index (χ0) is 16.2. The molecule has 0 saturated carbocycles. The van der Waals surface area contributed by atoms with Crippen molar-refractivity contribution < 1.29 is 4.79 Å². The van der Waals surface area contributed by atoms with Crippen LogP contribution in [0.1, 0.15) is 52.0 Å². The van der Waals surface area contributed by atoms with Crippen LogP contribution in [0.4, 0.5) is 0 Å². The van der Waals surface area contributed by atoms with Crippen LogP contribution < -0.4 is 10.6 Å². The average molecular weight is 308 g/mol. The Balaban J connectivity index is 1.65. The van der Waals surface area contributed by atoms with Gasteiger partial charge in [0.15, 0.2) is 0 Å². The smallest absolute Gasteiger partial charge is 0.251 e. The van der Waals surface area contributed by atoms with Crippen LogP contribution >= 0.6 is 0 Å². The van der Waals surface area contributed by atoms with E-state index < -0.39 is 0 Å². The summed E-state index contributed by atoms with van der Waals surface area (Å²) in [4.78, 5) is 11.7. The van der Waals surface area contributed by atoms with E-state index in [0.717, 1.165) is 12.1 Å². The highest BCUT2D eigenvalue weighted by atomic mass is 16.1. The Morgan fingerprint density at radius 2 is 1.96 bits per heavy atom. The molecular formula is C20H24N2O. The molecule has 3 rings (SSSR count). The first-order chi connectivity index (χ1) is 11.2. The monoisotopic (exact) mass is 308 g/mol. The lowest BCUT2D eigenvalue weighted by atomic mass is 10.0. The molecule has 23 heavy (non-hydrogen) atoms. The standard InChI is InChI=1S/C20H24N2O/c1-14(17-10-9-16-6-4-7-18(16)12-17)22-13-15-5-3-8-19(11-15)20(23)21-2/h3,5,8-12,14,22H,4,6-7,13H2,1-2H3,(H,21,23). The lowest BCUT2D eigenvalue weighted by molar-refractivity contribution is 0.0963. The van der Waals surface area contributed by atoms with Crippen molar-refractivity contribution in [3.63, 3.8) is 0 Å². The number of carbonyl (C=O) groups excluding carboxylic acids is 1. The van der Waals surface area contributed by atoms with Gasteiger partial charge in [0, 0.05) is 25.2 Å². The second-order valence-electron chi connectivity index (χ2n) is 6.26. The molecule has 0 spiro atoms. The maximum atomic E-state index is 11.7. The van der Waals surface area contributed by atoms with Gasteiger partial charge in [0.05, 0.1) is 0 Å². The van der Waals surface area contributed by atoms with Crippen LogP contribution in [0.2, 0.25) is 0 Å². The number of benzene rings is 2. The summed E-state index contributed by atoms with van der Waals surface area (Å²) in [5.74, 6) is -0.0430. The van der Waals surface area contributed by atoms with Gasteiger partial charge in [-0.2, -0.15) is 0 Å². The third kappa shape index (κ3) is 3.62. The molecular weight excluding hydrogens is 284 g/mol. The molecule has 0 aliphatic heterocycles. The van der Waals surface area contributed by atoms with Gasteiger partial charge in [0.1, 0.15) is 0 Å². The van der Waals surface area contributed by atoms with Crippen molar-refractivity contribution in [1.82, 2.24) is 10.6 Å². The summed E-state index contributed by atoms with van der Waals surface area (Å²) < 4.78 is 0. The molecule has 3 heteroatoms. The number of amides is 1. The Kier molecular flexibility index (Phi) is 4.77. The van der Waals surface area contributed by atoms with Crippen molar-refractivity contribution in [3.05, 3.63) is 70.3 Å². The molecule has 0 aromatic heterocycles. The Morgan fingerprint density at radius 3 is 2.78 bits per heavy atom. The topological polar surface area (TPSA) is 41.1 Å². The molecule has 2 aromatic rings. The summed E-state index contributed by atoms with van der Waals surface area (Å²) in [6, 6.07) is 14.9. The van der Waals surface area contributed by atoms with Crippen LogP contribution in [0, 0.1) is 0 Å². The molecule has 0 heterocycles. The zero-order valence-corrected chi connectivity index (χ0v) is 13.9. The highest BCUT2D eigenvalue weighted by molar-refractivity contribution is 5.94. The molecule has 0 saturated heterocycles. The Hall–Kier alpha value is -2.13. The first-order valence-electron chi connectivity index (χ1n) is 8.33. The van der Waals surface area contributed by atoms with Gasteiger partial charge >= 0.3 is 0 Å². The van der Waals surface area contributed by atoms with E-state index in [1.54, 1.807) is 7.05 Å². The highest BCUT2D eigenvalue weighted by Crippen LogP contribution is 2.25. The minimum atomic E-state index is -0.0430. The third-order valence-electron chi connectivity index (χ3n) is 4.65. The van der Waals surface area contributed by atoms with Gasteiger partial charge in [-0.05, 0) is 60.6 Å². The predicted molar refractivity (Wildman–Crippen MR) is 93.6 cm³/mol. The second kappa shape index (κ2) is 6.97. The van der Waals surface area contributed by atoms with E-state index in [9.17, 15) is 4.79 Å². The van der Waals surface area contributed by atoms with Crippen LogP contribution in [0.25, 0.3) is 0 Å². The van der Waals surface area contributed by atoms with Gasteiger partial charge in [-0.15, -0.1) is 0 Å². The van der Waals surface area contributed by atoms with E-state index in [2.05, 4.69) is 41.8 Å². The molecule has 1 aliphatic rings. The van der Waals surface area contributed by atoms with Gasteiger partial charge in [-0.1, -0.05) is 30.3 Å². The molecule has 2 N–H and O–H groups in total. The Bertz CT molecular complexity index is 709. The predicted octanol–water partition coefficient (Wildman–Crippen LogP) is 3.39. The SMILES string of the molecule is CNC(=O)c1cccc(CNC(C)c2ccc3c(c2)CCC3)c1. The Labute approximate surface area is 138 Å². The van der Waals surface area contributed by atoms with Crippen LogP contribution in [0.5, 0.6) is 0 Å². The van der Waals surface area contributed by atoms with E-state index in [1.165, 1.54) is 36.0 Å². The molecule has 1 aliphatic carbocycles. The van der Waals surface area contributed by atoms with Crippen molar-refractivity contribution in [1.29, 1.82) is 0 Å². The van der Waals surface area contributed by atoms with E-state index >= 15 is 0 Å². The zero-order valence-electron chi connectivity index (χ0n) is 13.9. The largest absolute Gasteiger partial charge is 0.355 e. The molecule has 0 fully saturated rings. The maximum absolute atomic E-state index is 11.7. The maximum Gasteiger partial charge on any atom is 0.251 e. The minimum Gasteiger partial charge on any atom is -0.355 e. The van der Waals surface area contributed by atoms with E-state index in [0.29, 0.717) is 11.6 Å². The molecule has 1 amide bonds. The summed E-state index contributed by atoms with van der Waals surface area (Å²) in [6.07, 6.45) is 3.72. The van der Waals surface area contributed by atoms with Crippen molar-refractivity contribution in [2.75, 3.05) is 7.05 Å². The lowest BCUT2D eigenvalue weighted by Crippen LogP contribution is -2.20. The molecule has 0 radical (unpaired) electrons. The molecule has 2 aromatic carbocycles. The van der Waals surface area contributed by atoms with Crippen molar-refractivity contribution in [2.45, 2.75) is 38.8 Å². The first kappa shape index (κ1) is 15.8. The van der Waals surface area contributed by atoms with E-state index in [1.807, 2.05) is 18.2 Å². The number of aryl methyl sites for hydroxylation is 2. The summed E-state index contributed by atoms with van der Waals surface area (Å²) in [5.41, 5.74) is 6.20. The van der Waals surface area contributed by atoms with Crippen LogP contribution in [0.3, 0.4) is 0 Å². The number of fused-ring (bicyclic) bond motifs is 1. The van der Waals surface area contributed by atoms with Gasteiger partial charge in [0.2, 0.25) is 0 Å². The minimum absolute atomic E-state index is 0.0430. The number of hydrogen-bond donors (Lipinski definition) is 2. The molecule has 1 unspecified atom stereocenters. The van der Waals surface area contributed by atoms with E-state index in [-0.39, 0.29) is 5.91 Å². The number of rotatable bonds is 5. The summed E-state index contributed by atoms with van der Waals surface area (Å²) in [6.45, 7) is 2.95. The number of hydrogen-bond acceptors (Lipinski definition) is 2. The fourth-order valence-electron chi connectivity index (χ4n) is 3.22. The van der Waals surface area contributed by atoms with Gasteiger partial charge < -0.3 is 10.6 Å². The lowest BCUT2D eigenvalue weighted by Gasteiger charge is -2.16. The van der Waals surface area contributed by atoms with Crippen LogP contribution in [-0.2, 0) is 19.4 Å². The molecule has 120 valence electrons. The van der Waals surface area contributed by atoms with Crippen LogP contribution in [0.15, 0.2) is 42.5 Å². The fraction of sp³-hybridized carbons (Fsp3) is 0.350. The number of carbonyl (C=O) groups is 1. The van der Waals surface area contributed by atoms with Gasteiger partial charge in [0.25, 0.3) is 5.91 Å². The summed E-state index contributed by atoms with van der Waals surface area (Å²) in [5, 5.41) is 6.22. The first-order valence-corrected chi connectivity index (χ1v) is 8.33. The summed E-state index contributed by atoms with van der Waals surface area (Å²) in [7, 11) is 1.66. The fourth-order valence-corrected chi connectivity index (χ4v) is 3.22. The third-order valence-corrected chi connectivity index (χ3v) is 4.65. The van der Waals surface area contributed by atoms with Crippen molar-refractivity contribution in [3.8, 4) is 0 Å². The van der Waals surface area contributed by atoms with Crippen molar-refractivity contribution in [2.24, 2.45) is 0 Å². The average Bonchev–Trinajstić information content (AvgIpc) is 3.06. The molecule has 0 bridgehead atoms.